The molecule has 1 heterocycles. The van der Waals surface area contributed by atoms with Crippen LogP contribution < -0.4 is 11.2 Å². The quantitative estimate of drug-likeness (QED) is 0.283. The molecule has 0 saturated carbocycles. The summed E-state index contributed by atoms with van der Waals surface area (Å²) < 4.78 is 1.33. The van der Waals surface area contributed by atoms with Crippen molar-refractivity contribution < 1.29 is 9.72 Å². The maximum atomic E-state index is 12.2. The molecule has 2 aromatic carbocycles. The lowest BCUT2D eigenvalue weighted by atomic mass is 10.1. The molecule has 144 valence electrons. The van der Waals surface area contributed by atoms with E-state index in [0.29, 0.717) is 22.2 Å². The van der Waals surface area contributed by atoms with Gasteiger partial charge in [0.25, 0.3) is 5.69 Å². The van der Waals surface area contributed by atoms with Crippen molar-refractivity contribution in [3.05, 3.63) is 63.7 Å². The van der Waals surface area contributed by atoms with Gasteiger partial charge in [0.15, 0.2) is 5.82 Å². The molecule has 0 aliphatic heterocycles. The number of aromatic nitrogens is 3. The van der Waals surface area contributed by atoms with Crippen molar-refractivity contribution in [3.8, 4) is 11.4 Å². The van der Waals surface area contributed by atoms with Gasteiger partial charge in [-0.1, -0.05) is 47.7 Å². The maximum Gasteiger partial charge on any atom is 0.274 e. The van der Waals surface area contributed by atoms with E-state index >= 15 is 0 Å². The monoisotopic (exact) mass is 398 g/mol. The average molecular weight is 398 g/mol. The Kier molecular flexibility index (Phi) is 5.59. The fraction of sp³-hybridized carbons (Fsp3) is 0.167. The summed E-state index contributed by atoms with van der Waals surface area (Å²) in [5, 5.41) is 22.1. The van der Waals surface area contributed by atoms with Crippen LogP contribution in [0.5, 0.6) is 0 Å². The minimum absolute atomic E-state index is 0.0326. The largest absolute Gasteiger partial charge is 0.335 e. The number of carbonyl (C=O) groups excluding carboxylic acids is 1. The molecule has 0 spiro atoms. The third-order valence-electron chi connectivity index (χ3n) is 4.00. The minimum atomic E-state index is -0.483. The van der Waals surface area contributed by atoms with E-state index in [1.165, 1.54) is 10.7 Å². The number of rotatable bonds is 6. The number of anilines is 1. The molecule has 0 saturated heterocycles. The van der Waals surface area contributed by atoms with Crippen LogP contribution >= 0.6 is 11.8 Å². The Bertz CT molecular complexity index is 1030. The van der Waals surface area contributed by atoms with Crippen LogP contribution in [0, 0.1) is 24.0 Å². The molecule has 0 aliphatic rings. The van der Waals surface area contributed by atoms with E-state index in [-0.39, 0.29) is 17.3 Å². The van der Waals surface area contributed by atoms with E-state index in [4.69, 9.17) is 5.84 Å². The van der Waals surface area contributed by atoms with Crippen molar-refractivity contribution in [2.45, 2.75) is 19.0 Å². The van der Waals surface area contributed by atoms with E-state index in [0.717, 1.165) is 22.9 Å². The standard InChI is InChI=1S/C18H18N6O3S/c1-11-3-6-13(7-4-11)17-21-22-18(23(17)19)28-10-16(25)20-14-8-5-12(2)15(9-14)24(26)27/h3-9H,10,19H2,1-2H3,(H,20,25). The number of benzene rings is 2. The van der Waals surface area contributed by atoms with Crippen molar-refractivity contribution >= 4 is 29.0 Å². The highest BCUT2D eigenvalue weighted by atomic mass is 32.2. The fourth-order valence-electron chi connectivity index (χ4n) is 2.49. The van der Waals surface area contributed by atoms with Gasteiger partial charge in [0, 0.05) is 22.9 Å². The number of hydrogen-bond acceptors (Lipinski definition) is 7. The van der Waals surface area contributed by atoms with E-state index in [2.05, 4.69) is 15.5 Å². The summed E-state index contributed by atoms with van der Waals surface area (Å²) in [7, 11) is 0. The molecule has 9 nitrogen and oxygen atoms in total. The fourth-order valence-corrected chi connectivity index (χ4v) is 3.14. The number of nitrogens with two attached hydrogens (primary N) is 1. The molecule has 3 aromatic rings. The Hall–Kier alpha value is -3.40. The Morgan fingerprint density at radius 2 is 1.93 bits per heavy atom. The van der Waals surface area contributed by atoms with Crippen molar-refractivity contribution in [2.24, 2.45) is 0 Å². The Morgan fingerprint density at radius 1 is 1.21 bits per heavy atom. The molecule has 1 amide bonds. The highest BCUT2D eigenvalue weighted by molar-refractivity contribution is 7.99. The van der Waals surface area contributed by atoms with E-state index < -0.39 is 4.92 Å². The van der Waals surface area contributed by atoms with Crippen molar-refractivity contribution in [3.63, 3.8) is 0 Å². The predicted molar refractivity (Wildman–Crippen MR) is 108 cm³/mol. The van der Waals surface area contributed by atoms with Gasteiger partial charge >= 0.3 is 0 Å². The van der Waals surface area contributed by atoms with Crippen LogP contribution in [-0.4, -0.2) is 31.5 Å². The topological polar surface area (TPSA) is 129 Å². The molecule has 0 unspecified atom stereocenters. The second kappa shape index (κ2) is 8.09. The zero-order valence-corrected chi connectivity index (χ0v) is 16.1. The Labute approximate surface area is 165 Å². The molecule has 0 atom stereocenters. The van der Waals surface area contributed by atoms with Gasteiger partial charge in [0.2, 0.25) is 11.1 Å². The third-order valence-corrected chi connectivity index (χ3v) is 4.94. The number of thioether (sulfide) groups is 1. The molecule has 1 aromatic heterocycles. The van der Waals surface area contributed by atoms with Gasteiger partial charge in [0.05, 0.1) is 10.7 Å². The summed E-state index contributed by atoms with van der Waals surface area (Å²) in [6, 6.07) is 12.2. The first-order valence-corrected chi connectivity index (χ1v) is 9.29. The lowest BCUT2D eigenvalue weighted by Gasteiger charge is -2.06. The Balaban J connectivity index is 1.65. The maximum absolute atomic E-state index is 12.2. The van der Waals surface area contributed by atoms with E-state index in [9.17, 15) is 14.9 Å². The van der Waals surface area contributed by atoms with Crippen molar-refractivity contribution in [2.75, 3.05) is 16.9 Å². The van der Waals surface area contributed by atoms with Gasteiger partial charge in [-0.2, -0.15) is 0 Å². The second-order valence-corrected chi connectivity index (χ2v) is 7.08. The minimum Gasteiger partial charge on any atom is -0.335 e. The first-order valence-electron chi connectivity index (χ1n) is 8.30. The summed E-state index contributed by atoms with van der Waals surface area (Å²) in [6.07, 6.45) is 0. The SMILES string of the molecule is Cc1ccc(-c2nnc(SCC(=O)Nc3ccc(C)c([N+](=O)[O-])c3)n2N)cc1. The molecule has 0 aliphatic carbocycles. The van der Waals surface area contributed by atoms with Crippen LogP contribution in [0.1, 0.15) is 11.1 Å². The third kappa shape index (κ3) is 4.29. The second-order valence-electron chi connectivity index (χ2n) is 6.14. The van der Waals surface area contributed by atoms with Crippen LogP contribution in [-0.2, 0) is 4.79 Å². The van der Waals surface area contributed by atoms with Crippen LogP contribution in [0.2, 0.25) is 0 Å². The molecule has 28 heavy (non-hydrogen) atoms. The predicted octanol–water partition coefficient (Wildman–Crippen LogP) is 2.91. The molecule has 0 fully saturated rings. The Morgan fingerprint density at radius 3 is 2.61 bits per heavy atom. The first kappa shape index (κ1) is 19.4. The summed E-state index contributed by atoms with van der Waals surface area (Å²) >= 11 is 1.13. The van der Waals surface area contributed by atoms with E-state index in [1.807, 2.05) is 31.2 Å². The summed E-state index contributed by atoms with van der Waals surface area (Å²) in [6.45, 7) is 3.62. The number of nitrogens with zero attached hydrogens (tertiary/aromatic N) is 4. The molecular formula is C18H18N6O3S. The number of amides is 1. The highest BCUT2D eigenvalue weighted by Crippen LogP contribution is 2.24. The molecule has 0 radical (unpaired) electrons. The normalized spacial score (nSPS) is 10.6. The number of carbonyl (C=O) groups is 1. The zero-order chi connectivity index (χ0) is 20.3. The van der Waals surface area contributed by atoms with Crippen molar-refractivity contribution in [1.82, 2.24) is 14.9 Å². The van der Waals surface area contributed by atoms with Gasteiger partial charge in [-0.3, -0.25) is 14.9 Å². The molecule has 3 rings (SSSR count). The number of aryl methyl sites for hydroxylation is 2. The first-order chi connectivity index (χ1) is 13.3. The van der Waals surface area contributed by atoms with Gasteiger partial charge in [-0.05, 0) is 19.9 Å². The summed E-state index contributed by atoms with van der Waals surface area (Å²) in [5.74, 6) is 6.25. The number of nitro groups is 1. The smallest absolute Gasteiger partial charge is 0.274 e. The number of nitro benzene ring substituents is 1. The summed E-state index contributed by atoms with van der Waals surface area (Å²) in [5.41, 5.74) is 2.78. The number of nitrogen functional groups attached to an aromatic ring is 1. The van der Waals surface area contributed by atoms with Gasteiger partial charge in [-0.25, -0.2) is 4.68 Å². The molecule has 0 bridgehead atoms. The van der Waals surface area contributed by atoms with E-state index in [1.54, 1.807) is 19.1 Å². The number of nitrogens with one attached hydrogen (secondary N) is 1. The molecule has 10 heteroatoms. The number of hydrogen-bond donors (Lipinski definition) is 2. The van der Waals surface area contributed by atoms with Crippen molar-refractivity contribution in [1.29, 1.82) is 0 Å². The van der Waals surface area contributed by atoms with Gasteiger partial charge < -0.3 is 11.2 Å². The average Bonchev–Trinajstić information content (AvgIpc) is 3.02. The van der Waals surface area contributed by atoms with Gasteiger partial charge in [-0.15, -0.1) is 10.2 Å². The van der Waals surface area contributed by atoms with Gasteiger partial charge in [0.1, 0.15) is 0 Å². The van der Waals surface area contributed by atoms with Crippen LogP contribution in [0.4, 0.5) is 11.4 Å². The van der Waals surface area contributed by atoms with Crippen LogP contribution in [0.15, 0.2) is 47.6 Å². The zero-order valence-electron chi connectivity index (χ0n) is 15.2. The molecule has 3 N–H and O–H groups in total. The van der Waals surface area contributed by atoms with Crippen LogP contribution in [0.25, 0.3) is 11.4 Å². The molecular weight excluding hydrogens is 380 g/mol. The lowest BCUT2D eigenvalue weighted by molar-refractivity contribution is -0.385. The highest BCUT2D eigenvalue weighted by Gasteiger charge is 2.15. The summed E-state index contributed by atoms with van der Waals surface area (Å²) in [4.78, 5) is 22.7. The van der Waals surface area contributed by atoms with Crippen LogP contribution in [0.3, 0.4) is 0 Å². The lowest BCUT2D eigenvalue weighted by Crippen LogP contribution is -2.16.